The van der Waals surface area contributed by atoms with Crippen LogP contribution in [0.25, 0.3) is 0 Å². The summed E-state index contributed by atoms with van der Waals surface area (Å²) in [5.74, 6) is 0.776. The molecule has 0 bridgehead atoms. The average molecular weight is 348 g/mol. The molecule has 0 heterocycles. The molecule has 0 unspecified atom stereocenters. The molecule has 0 aliphatic heterocycles. The fourth-order valence-electron chi connectivity index (χ4n) is 3.38. The molecule has 0 aliphatic rings. The topological polar surface area (TPSA) is 26.0 Å². The van der Waals surface area contributed by atoms with Gasteiger partial charge in [0, 0.05) is 0 Å². The van der Waals surface area contributed by atoms with Crippen LogP contribution in [0.3, 0.4) is 0 Å². The normalized spacial score (nSPS) is 11.4. The van der Waals surface area contributed by atoms with Crippen LogP contribution in [-0.4, -0.2) is 6.54 Å². The highest BCUT2D eigenvalue weighted by Gasteiger charge is 2.04. The third-order valence-corrected chi connectivity index (χ3v) is 4.97. The second-order valence-electron chi connectivity index (χ2n) is 7.43. The van der Waals surface area contributed by atoms with Crippen LogP contribution in [0, 0.1) is 5.92 Å². The van der Waals surface area contributed by atoms with E-state index in [1.165, 1.54) is 89.9 Å². The van der Waals surface area contributed by atoms with Crippen molar-refractivity contribution in [2.24, 2.45) is 11.7 Å². The van der Waals surface area contributed by atoms with Crippen LogP contribution in [0.15, 0.2) is 37.5 Å². The fourth-order valence-corrected chi connectivity index (χ4v) is 3.38. The van der Waals surface area contributed by atoms with Crippen LogP contribution < -0.4 is 5.73 Å². The Balaban J connectivity index is 3.26. The van der Waals surface area contributed by atoms with Gasteiger partial charge in [-0.25, -0.2) is 0 Å². The number of hydrogen-bond acceptors (Lipinski definition) is 1. The van der Waals surface area contributed by atoms with E-state index in [0.29, 0.717) is 0 Å². The summed E-state index contributed by atoms with van der Waals surface area (Å²) in [4.78, 5) is 0. The Hall–Kier alpha value is -0.820. The third kappa shape index (κ3) is 19.4. The Morgan fingerprint density at radius 3 is 1.52 bits per heavy atom. The lowest BCUT2D eigenvalue weighted by atomic mass is 9.94. The van der Waals surface area contributed by atoms with E-state index in [0.717, 1.165) is 25.3 Å². The lowest BCUT2D eigenvalue weighted by Gasteiger charge is -2.12. The summed E-state index contributed by atoms with van der Waals surface area (Å²) in [5, 5.41) is 0. The van der Waals surface area contributed by atoms with Crippen molar-refractivity contribution in [2.75, 3.05) is 6.54 Å². The molecule has 0 aromatic heterocycles. The van der Waals surface area contributed by atoms with Crippen molar-refractivity contribution in [1.82, 2.24) is 0 Å². The van der Waals surface area contributed by atoms with Crippen LogP contribution in [0.2, 0.25) is 0 Å². The van der Waals surface area contributed by atoms with Crippen molar-refractivity contribution >= 4 is 0 Å². The van der Waals surface area contributed by atoms with E-state index in [9.17, 15) is 0 Å². The van der Waals surface area contributed by atoms with Gasteiger partial charge in [-0.15, -0.1) is 13.2 Å². The average Bonchev–Trinajstić information content (AvgIpc) is 2.61. The molecule has 0 fully saturated rings. The summed E-state index contributed by atoms with van der Waals surface area (Å²) >= 11 is 0. The SMILES string of the molecule is C=CCC(CC=C)CCCCCCC/C=C\CCCCCCCCN. The lowest BCUT2D eigenvalue weighted by molar-refractivity contribution is 0.459. The molecular weight excluding hydrogens is 302 g/mol. The van der Waals surface area contributed by atoms with Crippen molar-refractivity contribution in [3.63, 3.8) is 0 Å². The van der Waals surface area contributed by atoms with Gasteiger partial charge in [-0.05, 0) is 63.8 Å². The van der Waals surface area contributed by atoms with E-state index in [1.54, 1.807) is 0 Å². The maximum Gasteiger partial charge on any atom is -0.00773 e. The van der Waals surface area contributed by atoms with Gasteiger partial charge in [0.05, 0.1) is 0 Å². The first kappa shape index (κ1) is 24.2. The molecule has 0 atom stereocenters. The van der Waals surface area contributed by atoms with Gasteiger partial charge in [-0.3, -0.25) is 0 Å². The fraction of sp³-hybridized carbons (Fsp3) is 0.750. The summed E-state index contributed by atoms with van der Waals surface area (Å²) < 4.78 is 0. The van der Waals surface area contributed by atoms with Gasteiger partial charge in [0.25, 0.3) is 0 Å². The second-order valence-corrected chi connectivity index (χ2v) is 7.43. The quantitative estimate of drug-likeness (QED) is 0.177. The Morgan fingerprint density at radius 1 is 0.600 bits per heavy atom. The Bertz CT molecular complexity index is 295. The molecule has 0 amide bonds. The second kappa shape index (κ2) is 21.2. The molecule has 0 saturated heterocycles. The molecule has 0 aromatic rings. The van der Waals surface area contributed by atoms with E-state index in [2.05, 4.69) is 37.5 Å². The Kier molecular flexibility index (Phi) is 20.5. The smallest absolute Gasteiger partial charge is 0.00773 e. The van der Waals surface area contributed by atoms with Crippen LogP contribution in [0.4, 0.5) is 0 Å². The van der Waals surface area contributed by atoms with Crippen molar-refractivity contribution < 1.29 is 0 Å². The monoisotopic (exact) mass is 347 g/mol. The van der Waals surface area contributed by atoms with E-state index in [-0.39, 0.29) is 0 Å². The first-order chi connectivity index (χ1) is 12.3. The molecule has 0 aliphatic carbocycles. The van der Waals surface area contributed by atoms with Gasteiger partial charge < -0.3 is 5.73 Å². The number of nitrogens with two attached hydrogens (primary N) is 1. The Labute approximate surface area is 158 Å². The highest BCUT2D eigenvalue weighted by Crippen LogP contribution is 2.19. The van der Waals surface area contributed by atoms with Crippen molar-refractivity contribution in [3.05, 3.63) is 37.5 Å². The maximum atomic E-state index is 5.50. The van der Waals surface area contributed by atoms with Crippen LogP contribution in [0.5, 0.6) is 0 Å². The standard InChI is InChI=1S/C24H45N/c1-3-20-24(21-4-2)22-18-16-14-12-10-8-6-5-7-9-11-13-15-17-19-23-25/h3-6,24H,1-2,7-23,25H2/b6-5-. The van der Waals surface area contributed by atoms with Gasteiger partial charge in [-0.1, -0.05) is 75.7 Å². The third-order valence-electron chi connectivity index (χ3n) is 4.97. The van der Waals surface area contributed by atoms with Gasteiger partial charge in [-0.2, -0.15) is 0 Å². The lowest BCUT2D eigenvalue weighted by Crippen LogP contribution is -1.97. The van der Waals surface area contributed by atoms with Crippen LogP contribution in [0.1, 0.15) is 103 Å². The minimum absolute atomic E-state index is 0.776. The van der Waals surface area contributed by atoms with Crippen LogP contribution >= 0.6 is 0 Å². The van der Waals surface area contributed by atoms with Gasteiger partial charge >= 0.3 is 0 Å². The molecule has 0 aromatic carbocycles. The molecular formula is C24H45N. The number of allylic oxidation sites excluding steroid dienone is 4. The first-order valence-corrected chi connectivity index (χ1v) is 10.9. The summed E-state index contributed by atoms with van der Waals surface area (Å²) in [5.41, 5.74) is 5.50. The zero-order valence-electron chi connectivity index (χ0n) is 16.9. The molecule has 0 spiro atoms. The largest absolute Gasteiger partial charge is 0.330 e. The highest BCUT2D eigenvalue weighted by molar-refractivity contribution is 4.81. The predicted octanol–water partition coefficient (Wildman–Crippen LogP) is 7.73. The molecule has 25 heavy (non-hydrogen) atoms. The van der Waals surface area contributed by atoms with E-state index in [4.69, 9.17) is 5.73 Å². The van der Waals surface area contributed by atoms with Gasteiger partial charge in [0.2, 0.25) is 0 Å². The molecule has 0 saturated carbocycles. The highest BCUT2D eigenvalue weighted by atomic mass is 14.5. The predicted molar refractivity (Wildman–Crippen MR) is 116 cm³/mol. The summed E-state index contributed by atoms with van der Waals surface area (Å²) in [6.45, 7) is 8.58. The van der Waals surface area contributed by atoms with Crippen LogP contribution in [-0.2, 0) is 0 Å². The van der Waals surface area contributed by atoms with E-state index in [1.807, 2.05) is 0 Å². The first-order valence-electron chi connectivity index (χ1n) is 10.9. The summed E-state index contributed by atoms with van der Waals surface area (Å²) in [7, 11) is 0. The molecule has 1 heteroatoms. The molecule has 0 rings (SSSR count). The number of rotatable bonds is 20. The molecule has 1 nitrogen and oxygen atoms in total. The van der Waals surface area contributed by atoms with E-state index >= 15 is 0 Å². The van der Waals surface area contributed by atoms with Gasteiger partial charge in [0.1, 0.15) is 0 Å². The van der Waals surface area contributed by atoms with Crippen molar-refractivity contribution in [1.29, 1.82) is 0 Å². The zero-order valence-corrected chi connectivity index (χ0v) is 16.9. The van der Waals surface area contributed by atoms with Crippen molar-refractivity contribution in [3.8, 4) is 0 Å². The molecule has 2 N–H and O–H groups in total. The Morgan fingerprint density at radius 2 is 1.04 bits per heavy atom. The maximum absolute atomic E-state index is 5.50. The molecule has 0 radical (unpaired) electrons. The minimum atomic E-state index is 0.776. The van der Waals surface area contributed by atoms with Gasteiger partial charge in [0.15, 0.2) is 0 Å². The summed E-state index contributed by atoms with van der Waals surface area (Å²) in [6.07, 6.45) is 30.0. The number of unbranched alkanes of at least 4 members (excludes halogenated alkanes) is 11. The van der Waals surface area contributed by atoms with E-state index < -0.39 is 0 Å². The number of hydrogen-bond donors (Lipinski definition) is 1. The zero-order chi connectivity index (χ0) is 18.4. The summed E-state index contributed by atoms with van der Waals surface area (Å²) in [6, 6.07) is 0. The van der Waals surface area contributed by atoms with Crippen molar-refractivity contribution in [2.45, 2.75) is 103 Å². The molecule has 146 valence electrons. The minimum Gasteiger partial charge on any atom is -0.330 e.